The Labute approximate surface area is 147 Å². The molecule has 0 unspecified atom stereocenters. The van der Waals surface area contributed by atoms with Crippen LogP contribution in [-0.2, 0) is 6.42 Å². The summed E-state index contributed by atoms with van der Waals surface area (Å²) < 4.78 is 6.20. The molecule has 0 bridgehead atoms. The summed E-state index contributed by atoms with van der Waals surface area (Å²) in [5.41, 5.74) is 3.25. The average molecular weight is 334 g/mol. The number of hydrogen-bond acceptors (Lipinski definition) is 4. The molecule has 0 saturated heterocycles. The number of hydrogen-bond donors (Lipinski definition) is 0. The van der Waals surface area contributed by atoms with Gasteiger partial charge in [0.2, 0.25) is 0 Å². The molecule has 25 heavy (non-hydrogen) atoms. The molecule has 2 heterocycles. The lowest BCUT2D eigenvalue weighted by Gasteiger charge is -2.30. The van der Waals surface area contributed by atoms with Crippen LogP contribution >= 0.6 is 0 Å². The van der Waals surface area contributed by atoms with E-state index in [4.69, 9.17) is 9.40 Å². The number of aromatic nitrogens is 1. The van der Waals surface area contributed by atoms with E-state index in [9.17, 15) is 4.79 Å². The van der Waals surface area contributed by atoms with Crippen LogP contribution in [0, 0.1) is 5.41 Å². The molecule has 0 spiro atoms. The lowest BCUT2D eigenvalue weighted by Crippen LogP contribution is -2.27. The van der Waals surface area contributed by atoms with E-state index in [2.05, 4.69) is 13.8 Å². The van der Waals surface area contributed by atoms with Gasteiger partial charge in [-0.3, -0.25) is 4.79 Å². The van der Waals surface area contributed by atoms with E-state index in [1.54, 1.807) is 0 Å². The van der Waals surface area contributed by atoms with Gasteiger partial charge in [0.25, 0.3) is 0 Å². The summed E-state index contributed by atoms with van der Waals surface area (Å²) in [4.78, 5) is 19.6. The Morgan fingerprint density at radius 2 is 1.92 bits per heavy atom. The lowest BCUT2D eigenvalue weighted by molar-refractivity contribution is 0.0899. The molecular weight excluding hydrogens is 312 g/mol. The fourth-order valence-electron chi connectivity index (χ4n) is 3.66. The zero-order valence-electron chi connectivity index (χ0n) is 15.1. The molecule has 0 saturated carbocycles. The molecule has 0 aromatic heterocycles. The molecular formula is C21H22N2O2. The molecule has 0 amide bonds. The Balaban J connectivity index is 2.07. The van der Waals surface area contributed by atoms with Crippen molar-refractivity contribution in [2.75, 3.05) is 14.1 Å². The number of fused-ring (bicyclic) bond motifs is 5. The summed E-state index contributed by atoms with van der Waals surface area (Å²) in [6.45, 7) is 4.23. The van der Waals surface area contributed by atoms with Crippen LogP contribution in [0.15, 0.2) is 34.9 Å². The minimum Gasteiger partial charge on any atom is -0.459 e. The number of Topliss-reactive ketones (excluding diaryl/α,β-unsaturated/α-hetero) is 1. The van der Waals surface area contributed by atoms with Gasteiger partial charge in [0.05, 0.1) is 11.1 Å². The zero-order chi connectivity index (χ0) is 17.8. The van der Waals surface area contributed by atoms with Crippen LogP contribution in [0.1, 0.15) is 42.1 Å². The van der Waals surface area contributed by atoms with Gasteiger partial charge in [-0.1, -0.05) is 32.0 Å². The fraction of sp³-hybridized carbons (Fsp3) is 0.333. The molecule has 1 aromatic rings. The largest absolute Gasteiger partial charge is 0.459 e. The first kappa shape index (κ1) is 15.9. The van der Waals surface area contributed by atoms with Crippen LogP contribution in [0.25, 0.3) is 28.2 Å². The van der Waals surface area contributed by atoms with Crippen LogP contribution in [0.4, 0.5) is 0 Å². The van der Waals surface area contributed by atoms with Crippen LogP contribution < -0.4 is 0 Å². The number of nitrogens with zero attached hydrogens (tertiary/aromatic N) is 2. The van der Waals surface area contributed by atoms with E-state index in [0.29, 0.717) is 12.2 Å². The third-order valence-corrected chi connectivity index (χ3v) is 4.72. The maximum absolute atomic E-state index is 12.9. The second-order valence-corrected chi connectivity index (χ2v) is 7.84. The highest BCUT2D eigenvalue weighted by atomic mass is 16.3. The second-order valence-electron chi connectivity index (χ2n) is 7.84. The summed E-state index contributed by atoms with van der Waals surface area (Å²) in [5.74, 6) is 1.65. The number of ketones is 1. The van der Waals surface area contributed by atoms with Gasteiger partial charge in [-0.05, 0) is 17.6 Å². The van der Waals surface area contributed by atoms with Gasteiger partial charge in [-0.25, -0.2) is 4.98 Å². The van der Waals surface area contributed by atoms with E-state index >= 15 is 0 Å². The van der Waals surface area contributed by atoms with Gasteiger partial charge in [-0.15, -0.1) is 0 Å². The normalized spacial score (nSPS) is 16.7. The molecule has 4 nitrogen and oxygen atoms in total. The standard InChI is InChI=1S/C21H22N2O2/c1-21(2)11-15(24)19-17(12-21)25-16(9-10-23(3)4)20-18(19)13-7-5-6-8-14(13)22-20/h5-10H,11-12H2,1-4H3/b10-9+. The molecule has 4 heteroatoms. The Hall–Kier alpha value is -2.62. The Bertz CT molecular complexity index is 979. The van der Waals surface area contributed by atoms with Crippen LogP contribution in [0.3, 0.4) is 0 Å². The molecule has 0 fully saturated rings. The van der Waals surface area contributed by atoms with Crippen LogP contribution in [0.5, 0.6) is 0 Å². The van der Waals surface area contributed by atoms with Gasteiger partial charge in [-0.2, -0.15) is 0 Å². The van der Waals surface area contributed by atoms with Gasteiger partial charge in [0.1, 0.15) is 11.5 Å². The maximum atomic E-state index is 12.9. The van der Waals surface area contributed by atoms with Gasteiger partial charge < -0.3 is 9.32 Å². The number of carbonyl (C=O) groups is 1. The number of rotatable bonds is 2. The van der Waals surface area contributed by atoms with Crippen molar-refractivity contribution in [1.29, 1.82) is 0 Å². The highest BCUT2D eigenvalue weighted by Gasteiger charge is 2.37. The van der Waals surface area contributed by atoms with Crippen molar-refractivity contribution >= 4 is 22.8 Å². The molecule has 1 aliphatic carbocycles. The zero-order valence-corrected chi connectivity index (χ0v) is 15.1. The highest BCUT2D eigenvalue weighted by molar-refractivity contribution is 6.12. The van der Waals surface area contributed by atoms with Crippen LogP contribution in [0.2, 0.25) is 0 Å². The molecule has 4 rings (SSSR count). The minimum absolute atomic E-state index is 0.0837. The third kappa shape index (κ3) is 2.62. The van der Waals surface area contributed by atoms with Gasteiger partial charge in [0.15, 0.2) is 11.5 Å². The molecule has 0 atom stereocenters. The first-order valence-corrected chi connectivity index (χ1v) is 8.58. The van der Waals surface area contributed by atoms with E-state index in [-0.39, 0.29) is 11.2 Å². The van der Waals surface area contributed by atoms with Gasteiger partial charge in [0, 0.05) is 44.1 Å². The number of benzene rings is 1. The van der Waals surface area contributed by atoms with Crippen LogP contribution in [-0.4, -0.2) is 29.8 Å². The third-order valence-electron chi connectivity index (χ3n) is 4.72. The summed E-state index contributed by atoms with van der Waals surface area (Å²) in [7, 11) is 3.93. The molecule has 1 aromatic carbocycles. The number of carbonyl (C=O) groups excluding carboxylic acids is 1. The molecule has 0 radical (unpaired) electrons. The fourth-order valence-corrected chi connectivity index (χ4v) is 3.66. The van der Waals surface area contributed by atoms with Crippen molar-refractivity contribution in [3.05, 3.63) is 47.5 Å². The summed E-state index contributed by atoms with van der Waals surface area (Å²) in [6, 6.07) is 7.99. The highest BCUT2D eigenvalue weighted by Crippen LogP contribution is 2.44. The predicted octanol–water partition coefficient (Wildman–Crippen LogP) is 4.62. The quantitative estimate of drug-likeness (QED) is 0.686. The Kier molecular flexibility index (Phi) is 3.46. The van der Waals surface area contributed by atoms with Crippen molar-refractivity contribution in [3.8, 4) is 11.3 Å². The molecule has 128 valence electrons. The summed E-state index contributed by atoms with van der Waals surface area (Å²) in [5, 5.41) is 1.03. The van der Waals surface area contributed by atoms with Gasteiger partial charge >= 0.3 is 0 Å². The molecule has 2 aliphatic heterocycles. The smallest absolute Gasteiger partial charge is 0.167 e. The Morgan fingerprint density at radius 1 is 1.16 bits per heavy atom. The van der Waals surface area contributed by atoms with E-state index in [1.807, 2.05) is 55.5 Å². The minimum atomic E-state index is -0.0837. The van der Waals surface area contributed by atoms with E-state index < -0.39 is 0 Å². The molecule has 3 aliphatic rings. The van der Waals surface area contributed by atoms with E-state index in [0.717, 1.165) is 39.9 Å². The van der Waals surface area contributed by atoms with Crippen molar-refractivity contribution in [1.82, 2.24) is 9.88 Å². The summed E-state index contributed by atoms with van der Waals surface area (Å²) >= 11 is 0. The van der Waals surface area contributed by atoms with Crippen molar-refractivity contribution in [2.45, 2.75) is 26.7 Å². The number of para-hydroxylation sites is 1. The maximum Gasteiger partial charge on any atom is 0.167 e. The second kappa shape index (κ2) is 5.45. The Morgan fingerprint density at radius 3 is 2.68 bits per heavy atom. The predicted molar refractivity (Wildman–Crippen MR) is 99.8 cm³/mol. The monoisotopic (exact) mass is 334 g/mol. The topological polar surface area (TPSA) is 46.3 Å². The van der Waals surface area contributed by atoms with E-state index in [1.165, 1.54) is 0 Å². The van der Waals surface area contributed by atoms with Crippen molar-refractivity contribution in [3.63, 3.8) is 0 Å². The lowest BCUT2D eigenvalue weighted by atomic mass is 9.74. The molecule has 0 N–H and O–H groups in total. The summed E-state index contributed by atoms with van der Waals surface area (Å²) in [6.07, 6.45) is 5.17. The first-order chi connectivity index (χ1) is 11.9. The average Bonchev–Trinajstić information content (AvgIpc) is 2.90. The van der Waals surface area contributed by atoms with Crippen molar-refractivity contribution in [2.24, 2.45) is 5.41 Å². The SMILES string of the molecule is CN(C)/C=C/c1oc2c(c3c4ccccc4nc1-3)C(=O)CC(C)(C)C2. The van der Waals surface area contributed by atoms with Crippen molar-refractivity contribution < 1.29 is 9.21 Å². The first-order valence-electron chi connectivity index (χ1n) is 8.58.